The Balaban J connectivity index is 2.60. The molecule has 1 aliphatic heterocycles. The molecule has 1 aliphatic rings. The summed E-state index contributed by atoms with van der Waals surface area (Å²) in [6.45, 7) is 14.6. The van der Waals surface area contributed by atoms with E-state index in [1.807, 2.05) is 13.8 Å². The Morgan fingerprint density at radius 1 is 0.947 bits per heavy atom. The Bertz CT molecular complexity index is 244. The molecule has 0 aliphatic carbocycles. The van der Waals surface area contributed by atoms with E-state index in [-0.39, 0.29) is 17.4 Å². The van der Waals surface area contributed by atoms with Crippen LogP contribution < -0.4 is 0 Å². The maximum absolute atomic E-state index is 6.06. The normalized spacial score (nSPS) is 22.9. The maximum Gasteiger partial charge on any atom is 0.182 e. The average Bonchev–Trinajstić information content (AvgIpc) is 2.27. The van der Waals surface area contributed by atoms with Crippen molar-refractivity contribution in [2.24, 2.45) is 0 Å². The van der Waals surface area contributed by atoms with Crippen molar-refractivity contribution in [2.75, 3.05) is 19.8 Å². The van der Waals surface area contributed by atoms with E-state index >= 15 is 0 Å². The molecule has 0 spiro atoms. The van der Waals surface area contributed by atoms with Crippen LogP contribution in [0.1, 0.15) is 60.8 Å². The van der Waals surface area contributed by atoms with Gasteiger partial charge in [-0.15, -0.1) is 0 Å². The van der Waals surface area contributed by atoms with Gasteiger partial charge in [0.1, 0.15) is 6.61 Å². The lowest BCUT2D eigenvalue weighted by atomic mass is 9.82. The third-order valence-corrected chi connectivity index (χ3v) is 3.72. The van der Waals surface area contributed by atoms with E-state index in [4.69, 9.17) is 14.3 Å². The zero-order valence-electron chi connectivity index (χ0n) is 13.5. The van der Waals surface area contributed by atoms with Crippen molar-refractivity contribution in [2.45, 2.75) is 78.2 Å². The first-order valence-electron chi connectivity index (χ1n) is 7.50. The van der Waals surface area contributed by atoms with Crippen LogP contribution in [0.4, 0.5) is 0 Å². The van der Waals surface area contributed by atoms with E-state index in [9.17, 15) is 0 Å². The topological polar surface area (TPSA) is 30.9 Å². The second kappa shape index (κ2) is 7.02. The van der Waals surface area contributed by atoms with Gasteiger partial charge in [0, 0.05) is 24.3 Å². The molecule has 0 unspecified atom stereocenters. The summed E-state index contributed by atoms with van der Waals surface area (Å²) in [5.41, 5.74) is 0.120. The average molecular weight is 273 g/mol. The molecule has 0 atom stereocenters. The molecule has 0 aromatic heterocycles. The Hall–Kier alpha value is -0.160. The van der Waals surface area contributed by atoms with Crippen molar-refractivity contribution < 1.29 is 14.3 Å². The first-order valence-corrected chi connectivity index (χ1v) is 7.50. The minimum atomic E-state index is -0.275. The Kier molecular flexibility index (Phi) is 6.24. The fraction of sp³-hybridized carbons (Fsp3) is 1.00. The van der Waals surface area contributed by atoms with Crippen LogP contribution in [0.15, 0.2) is 0 Å². The highest BCUT2D eigenvalue weighted by molar-refractivity contribution is 4.92. The van der Waals surface area contributed by atoms with Gasteiger partial charge in [-0.25, -0.2) is 0 Å². The molecule has 1 rings (SSSR count). The molecule has 0 radical (unpaired) electrons. The monoisotopic (exact) mass is 273 g/mol. The molecule has 0 aromatic carbocycles. The first kappa shape index (κ1) is 16.9. The van der Waals surface area contributed by atoms with Crippen molar-refractivity contribution in [1.29, 1.82) is 0 Å². The fourth-order valence-corrected chi connectivity index (χ4v) is 2.98. The number of hydroxylamine groups is 2. The zero-order valence-corrected chi connectivity index (χ0v) is 13.5. The molecular formula is C15H31NO3. The van der Waals surface area contributed by atoms with E-state index in [2.05, 4.69) is 32.8 Å². The van der Waals surface area contributed by atoms with Gasteiger partial charge in [-0.05, 0) is 60.8 Å². The van der Waals surface area contributed by atoms with Crippen molar-refractivity contribution in [1.82, 2.24) is 5.06 Å². The van der Waals surface area contributed by atoms with Crippen LogP contribution in [0, 0.1) is 0 Å². The van der Waals surface area contributed by atoms with Gasteiger partial charge in [0.2, 0.25) is 0 Å². The van der Waals surface area contributed by atoms with Crippen LogP contribution >= 0.6 is 0 Å². The molecule has 0 aromatic rings. The van der Waals surface area contributed by atoms with Gasteiger partial charge < -0.3 is 9.47 Å². The highest BCUT2D eigenvalue weighted by Crippen LogP contribution is 2.38. The van der Waals surface area contributed by atoms with Crippen molar-refractivity contribution in [3.05, 3.63) is 0 Å². The molecule has 1 heterocycles. The summed E-state index contributed by atoms with van der Waals surface area (Å²) >= 11 is 0. The predicted octanol–water partition coefficient (Wildman–Crippen LogP) is 3.36. The van der Waals surface area contributed by atoms with E-state index in [0.717, 1.165) is 12.8 Å². The molecule has 1 saturated heterocycles. The van der Waals surface area contributed by atoms with Gasteiger partial charge in [-0.2, -0.15) is 5.06 Å². The number of hydrogen-bond acceptors (Lipinski definition) is 4. The summed E-state index contributed by atoms with van der Waals surface area (Å²) < 4.78 is 11.1. The number of hydrogen-bond donors (Lipinski definition) is 0. The van der Waals surface area contributed by atoms with Gasteiger partial charge in [-0.1, -0.05) is 0 Å². The molecule has 19 heavy (non-hydrogen) atoms. The molecule has 4 heteroatoms. The zero-order chi connectivity index (χ0) is 14.5. The Labute approximate surface area is 118 Å². The second-order valence-electron chi connectivity index (χ2n) is 6.41. The number of nitrogens with zero attached hydrogens (tertiary/aromatic N) is 1. The minimum absolute atomic E-state index is 0.0602. The van der Waals surface area contributed by atoms with Crippen molar-refractivity contribution >= 4 is 0 Å². The molecule has 4 nitrogen and oxygen atoms in total. The molecule has 0 bridgehead atoms. The van der Waals surface area contributed by atoms with Crippen LogP contribution in [0.2, 0.25) is 0 Å². The smallest absolute Gasteiger partial charge is 0.182 e. The van der Waals surface area contributed by atoms with Gasteiger partial charge in [0.15, 0.2) is 6.29 Å². The number of piperidine rings is 1. The molecule has 1 fully saturated rings. The van der Waals surface area contributed by atoms with Crippen LogP contribution in [-0.2, 0) is 14.3 Å². The standard InChI is InChI=1S/C15H31NO3/c1-7-17-13(18-8-2)12-19-16-14(3,4)10-9-11-15(16,5)6/h13H,7-12H2,1-6H3. The lowest BCUT2D eigenvalue weighted by molar-refractivity contribution is -0.310. The van der Waals surface area contributed by atoms with E-state index in [1.165, 1.54) is 6.42 Å². The van der Waals surface area contributed by atoms with Gasteiger partial charge in [0.25, 0.3) is 0 Å². The molecule has 0 amide bonds. The highest BCUT2D eigenvalue weighted by atomic mass is 16.7. The quantitative estimate of drug-likeness (QED) is 0.666. The van der Waals surface area contributed by atoms with Gasteiger partial charge in [0.05, 0.1) is 0 Å². The Morgan fingerprint density at radius 3 is 1.84 bits per heavy atom. The van der Waals surface area contributed by atoms with E-state index in [1.54, 1.807) is 0 Å². The lowest BCUT2D eigenvalue weighted by Gasteiger charge is -2.51. The third-order valence-electron chi connectivity index (χ3n) is 3.72. The molecule has 114 valence electrons. The van der Waals surface area contributed by atoms with Crippen LogP contribution in [-0.4, -0.2) is 42.3 Å². The Morgan fingerprint density at radius 2 is 1.42 bits per heavy atom. The summed E-state index contributed by atoms with van der Waals surface area (Å²) in [5.74, 6) is 0. The largest absolute Gasteiger partial charge is 0.350 e. The number of ether oxygens (including phenoxy) is 2. The lowest BCUT2D eigenvalue weighted by Crippen LogP contribution is -2.58. The molecule has 0 saturated carbocycles. The third kappa shape index (κ3) is 4.71. The summed E-state index contributed by atoms with van der Waals surface area (Å²) in [6.07, 6.45) is 3.29. The minimum Gasteiger partial charge on any atom is -0.350 e. The van der Waals surface area contributed by atoms with Crippen molar-refractivity contribution in [3.8, 4) is 0 Å². The first-order chi connectivity index (χ1) is 8.83. The van der Waals surface area contributed by atoms with Gasteiger partial charge in [-0.3, -0.25) is 4.84 Å². The molecule has 0 N–H and O–H groups in total. The second-order valence-corrected chi connectivity index (χ2v) is 6.41. The van der Waals surface area contributed by atoms with E-state index < -0.39 is 0 Å². The SMILES string of the molecule is CCOC(CON1C(C)(C)CCCC1(C)C)OCC. The fourth-order valence-electron chi connectivity index (χ4n) is 2.98. The predicted molar refractivity (Wildman–Crippen MR) is 76.8 cm³/mol. The number of rotatable bonds is 7. The van der Waals surface area contributed by atoms with Crippen LogP contribution in [0.3, 0.4) is 0 Å². The van der Waals surface area contributed by atoms with Gasteiger partial charge >= 0.3 is 0 Å². The maximum atomic E-state index is 6.06. The summed E-state index contributed by atoms with van der Waals surface area (Å²) in [6, 6.07) is 0. The van der Waals surface area contributed by atoms with Crippen molar-refractivity contribution in [3.63, 3.8) is 0 Å². The van der Waals surface area contributed by atoms with Crippen LogP contribution in [0.5, 0.6) is 0 Å². The summed E-state index contributed by atoms with van der Waals surface area (Å²) in [7, 11) is 0. The summed E-state index contributed by atoms with van der Waals surface area (Å²) in [5, 5.41) is 2.15. The summed E-state index contributed by atoms with van der Waals surface area (Å²) in [4.78, 5) is 6.06. The van der Waals surface area contributed by atoms with Crippen LogP contribution in [0.25, 0.3) is 0 Å². The highest BCUT2D eigenvalue weighted by Gasteiger charge is 2.42. The molecular weight excluding hydrogens is 242 g/mol. The van der Waals surface area contributed by atoms with E-state index in [0.29, 0.717) is 19.8 Å².